The maximum Gasteiger partial charge on any atom is 0.266 e. The molecular weight excluding hydrogens is 326 g/mol. The quantitative estimate of drug-likeness (QED) is 0.680. The average molecular weight is 347 g/mol. The Kier molecular flexibility index (Phi) is 5.67. The number of hydrogen-bond acceptors (Lipinski definition) is 4. The van der Waals surface area contributed by atoms with Gasteiger partial charge >= 0.3 is 0 Å². The van der Waals surface area contributed by atoms with Crippen LogP contribution in [0.15, 0.2) is 54.1 Å². The molecule has 0 saturated carbocycles. The third kappa shape index (κ3) is 4.50. The van der Waals surface area contributed by atoms with Gasteiger partial charge in [0.2, 0.25) is 0 Å². The van der Waals surface area contributed by atoms with Crippen molar-refractivity contribution in [1.29, 1.82) is 5.26 Å². The summed E-state index contributed by atoms with van der Waals surface area (Å²) in [5.74, 6) is -0.410. The Balaban J connectivity index is 1.68. The minimum atomic E-state index is -0.410. The van der Waals surface area contributed by atoms with Crippen molar-refractivity contribution in [2.75, 3.05) is 36.5 Å². The molecule has 132 valence electrons. The summed E-state index contributed by atoms with van der Waals surface area (Å²) in [4.78, 5) is 14.6. The molecule has 1 saturated heterocycles. The number of anilines is 2. The highest BCUT2D eigenvalue weighted by molar-refractivity contribution is 6.09. The van der Waals surface area contributed by atoms with Gasteiger partial charge in [-0.05, 0) is 42.8 Å². The number of nitrogens with one attached hydrogen (secondary N) is 1. The van der Waals surface area contributed by atoms with E-state index >= 15 is 0 Å². The molecular formula is C21H21N3O2. The van der Waals surface area contributed by atoms with Gasteiger partial charge in [-0.15, -0.1) is 0 Å². The molecule has 26 heavy (non-hydrogen) atoms. The molecule has 1 heterocycles. The number of carbonyl (C=O) groups is 1. The second kappa shape index (κ2) is 8.32. The monoisotopic (exact) mass is 347 g/mol. The smallest absolute Gasteiger partial charge is 0.266 e. The summed E-state index contributed by atoms with van der Waals surface area (Å²) in [6.45, 7) is 5.18. The van der Waals surface area contributed by atoms with Gasteiger partial charge in [0, 0.05) is 24.5 Å². The number of nitrogens with zero attached hydrogens (tertiary/aromatic N) is 2. The van der Waals surface area contributed by atoms with E-state index in [1.165, 1.54) is 0 Å². The molecule has 1 fully saturated rings. The number of carbonyl (C=O) groups excluding carboxylic acids is 1. The Labute approximate surface area is 153 Å². The molecule has 5 heteroatoms. The summed E-state index contributed by atoms with van der Waals surface area (Å²) in [5.41, 5.74) is 3.79. The number of morpholine rings is 1. The first-order valence-corrected chi connectivity index (χ1v) is 8.58. The first-order valence-electron chi connectivity index (χ1n) is 8.58. The molecule has 0 atom stereocenters. The molecule has 1 aliphatic heterocycles. The summed E-state index contributed by atoms with van der Waals surface area (Å²) in [6.07, 6.45) is 1.59. The van der Waals surface area contributed by atoms with Crippen LogP contribution < -0.4 is 10.2 Å². The van der Waals surface area contributed by atoms with Crippen LogP contribution in [-0.2, 0) is 9.53 Å². The molecule has 1 N–H and O–H groups in total. The maximum atomic E-state index is 12.4. The fraction of sp³-hybridized carbons (Fsp3) is 0.238. The van der Waals surface area contributed by atoms with E-state index in [-0.39, 0.29) is 5.57 Å². The molecule has 3 rings (SSSR count). The van der Waals surface area contributed by atoms with Crippen LogP contribution >= 0.6 is 0 Å². The van der Waals surface area contributed by atoms with Crippen LogP contribution in [0.3, 0.4) is 0 Å². The summed E-state index contributed by atoms with van der Waals surface area (Å²) < 4.78 is 5.36. The summed E-state index contributed by atoms with van der Waals surface area (Å²) >= 11 is 0. The number of nitriles is 1. The largest absolute Gasteiger partial charge is 0.378 e. The van der Waals surface area contributed by atoms with Crippen molar-refractivity contribution in [2.24, 2.45) is 0 Å². The van der Waals surface area contributed by atoms with Crippen molar-refractivity contribution in [3.63, 3.8) is 0 Å². The molecule has 2 aromatic carbocycles. The number of hydrogen-bond donors (Lipinski definition) is 1. The number of ether oxygens (including phenoxy) is 1. The van der Waals surface area contributed by atoms with Crippen molar-refractivity contribution in [1.82, 2.24) is 0 Å². The lowest BCUT2D eigenvalue weighted by atomic mass is 10.1. The molecule has 0 aromatic heterocycles. The number of aryl methyl sites for hydroxylation is 1. The highest BCUT2D eigenvalue weighted by atomic mass is 16.5. The molecule has 0 aliphatic carbocycles. The third-order valence-electron chi connectivity index (χ3n) is 4.25. The number of amides is 1. The van der Waals surface area contributed by atoms with Crippen molar-refractivity contribution >= 4 is 23.4 Å². The van der Waals surface area contributed by atoms with Gasteiger partial charge in [0.15, 0.2) is 0 Å². The Morgan fingerprint density at radius 3 is 2.38 bits per heavy atom. The zero-order valence-electron chi connectivity index (χ0n) is 14.7. The molecule has 5 nitrogen and oxygen atoms in total. The first-order chi connectivity index (χ1) is 12.7. The zero-order valence-corrected chi connectivity index (χ0v) is 14.7. The van der Waals surface area contributed by atoms with Gasteiger partial charge in [0.25, 0.3) is 5.91 Å². The van der Waals surface area contributed by atoms with Crippen LogP contribution in [-0.4, -0.2) is 32.2 Å². The lowest BCUT2D eigenvalue weighted by Gasteiger charge is -2.28. The van der Waals surface area contributed by atoms with Crippen LogP contribution in [0.5, 0.6) is 0 Å². The van der Waals surface area contributed by atoms with Gasteiger partial charge in [0.05, 0.1) is 13.2 Å². The van der Waals surface area contributed by atoms with Crippen molar-refractivity contribution < 1.29 is 9.53 Å². The standard InChI is InChI=1S/C21H21N3O2/c1-16-2-4-17(5-3-16)14-18(15-22)21(25)23-19-6-8-20(9-7-19)24-10-12-26-13-11-24/h2-9,14H,10-13H2,1H3,(H,23,25)/b18-14+. The second-order valence-electron chi connectivity index (χ2n) is 6.18. The Morgan fingerprint density at radius 1 is 1.12 bits per heavy atom. The van der Waals surface area contributed by atoms with E-state index < -0.39 is 5.91 Å². The minimum Gasteiger partial charge on any atom is -0.378 e. The molecule has 1 amide bonds. The molecule has 0 unspecified atom stereocenters. The van der Waals surface area contributed by atoms with Gasteiger partial charge in [-0.25, -0.2) is 0 Å². The lowest BCUT2D eigenvalue weighted by Crippen LogP contribution is -2.36. The van der Waals surface area contributed by atoms with Crippen LogP contribution in [0.2, 0.25) is 0 Å². The van der Waals surface area contributed by atoms with Gasteiger partial charge in [0.1, 0.15) is 11.6 Å². The summed E-state index contributed by atoms with van der Waals surface area (Å²) in [7, 11) is 0. The van der Waals surface area contributed by atoms with E-state index in [9.17, 15) is 10.1 Å². The van der Waals surface area contributed by atoms with Gasteiger partial charge in [-0.2, -0.15) is 5.26 Å². The Morgan fingerprint density at radius 2 is 1.77 bits per heavy atom. The van der Waals surface area contributed by atoms with Gasteiger partial charge in [-0.3, -0.25) is 4.79 Å². The maximum absolute atomic E-state index is 12.4. The van der Waals surface area contributed by atoms with Gasteiger partial charge < -0.3 is 15.0 Å². The highest BCUT2D eigenvalue weighted by Crippen LogP contribution is 2.19. The normalized spacial score (nSPS) is 14.6. The van der Waals surface area contributed by atoms with E-state index in [4.69, 9.17) is 4.74 Å². The predicted molar refractivity (Wildman–Crippen MR) is 103 cm³/mol. The SMILES string of the molecule is Cc1ccc(/C=C(\C#N)C(=O)Nc2ccc(N3CCOCC3)cc2)cc1. The van der Waals surface area contributed by atoms with Crippen LogP contribution in [0.1, 0.15) is 11.1 Å². The fourth-order valence-electron chi connectivity index (χ4n) is 2.75. The second-order valence-corrected chi connectivity index (χ2v) is 6.18. The fourth-order valence-corrected chi connectivity index (χ4v) is 2.75. The first kappa shape index (κ1) is 17.7. The molecule has 1 aliphatic rings. The number of benzene rings is 2. The molecule has 2 aromatic rings. The van der Waals surface area contributed by atoms with E-state index in [1.807, 2.05) is 61.5 Å². The predicted octanol–water partition coefficient (Wildman–Crippen LogP) is 3.38. The summed E-state index contributed by atoms with van der Waals surface area (Å²) in [6, 6.07) is 17.3. The number of rotatable bonds is 4. The minimum absolute atomic E-state index is 0.0751. The van der Waals surface area contributed by atoms with Crippen LogP contribution in [0, 0.1) is 18.3 Å². The highest BCUT2D eigenvalue weighted by Gasteiger charge is 2.12. The Hall–Kier alpha value is -3.10. The molecule has 0 spiro atoms. The van der Waals surface area contributed by atoms with Crippen molar-refractivity contribution in [3.05, 3.63) is 65.2 Å². The van der Waals surface area contributed by atoms with E-state index in [0.717, 1.165) is 43.1 Å². The average Bonchev–Trinajstić information content (AvgIpc) is 2.68. The van der Waals surface area contributed by atoms with E-state index in [1.54, 1.807) is 6.08 Å². The zero-order chi connectivity index (χ0) is 18.4. The molecule has 0 radical (unpaired) electrons. The van der Waals surface area contributed by atoms with Crippen LogP contribution in [0.4, 0.5) is 11.4 Å². The van der Waals surface area contributed by atoms with Crippen LogP contribution in [0.25, 0.3) is 6.08 Å². The third-order valence-corrected chi connectivity index (χ3v) is 4.25. The lowest BCUT2D eigenvalue weighted by molar-refractivity contribution is -0.112. The van der Waals surface area contributed by atoms with E-state index in [0.29, 0.717) is 5.69 Å². The molecule has 0 bridgehead atoms. The van der Waals surface area contributed by atoms with E-state index in [2.05, 4.69) is 10.2 Å². The summed E-state index contributed by atoms with van der Waals surface area (Å²) in [5, 5.41) is 12.1. The van der Waals surface area contributed by atoms with Crippen molar-refractivity contribution in [3.8, 4) is 6.07 Å². The topological polar surface area (TPSA) is 65.4 Å². The van der Waals surface area contributed by atoms with Gasteiger partial charge in [-0.1, -0.05) is 29.8 Å². The Bertz CT molecular complexity index is 827. The van der Waals surface area contributed by atoms with Crippen molar-refractivity contribution in [2.45, 2.75) is 6.92 Å².